The number of nitrogens with zero attached hydrogens (tertiary/aromatic N) is 1. The Balaban J connectivity index is 1.66. The molecule has 2 aromatic carbocycles. The highest BCUT2D eigenvalue weighted by Crippen LogP contribution is 2.31. The Morgan fingerprint density at radius 2 is 1.67 bits per heavy atom. The van der Waals surface area contributed by atoms with E-state index in [1.165, 1.54) is 4.31 Å². The zero-order chi connectivity index (χ0) is 24.3. The third-order valence-electron chi connectivity index (χ3n) is 6.20. The number of piperidine rings is 1. The zero-order valence-corrected chi connectivity index (χ0v) is 20.3. The van der Waals surface area contributed by atoms with Crippen LogP contribution in [0.2, 0.25) is 0 Å². The van der Waals surface area contributed by atoms with Gasteiger partial charge in [-0.1, -0.05) is 12.1 Å². The van der Waals surface area contributed by atoms with Crippen molar-refractivity contribution >= 4 is 27.5 Å². The van der Waals surface area contributed by atoms with E-state index in [1.54, 1.807) is 24.3 Å². The molecular formula is C24H31N3O5S. The number of primary amides is 1. The highest BCUT2D eigenvalue weighted by Gasteiger charge is 2.34. The Morgan fingerprint density at radius 3 is 2.24 bits per heavy atom. The number of anilines is 1. The standard InChI is InChI=1S/C24H31N3O5S/c1-15-12-16(2)18(4)23(17(15)3)33(30,31)27-10-8-19(9-11-27)24(29)26-20-6-5-7-21(13-20)32-14-22(25)28/h5-7,12-13,19H,8-11,14H2,1-4H3,(H2,25,28)(H,26,29). The molecule has 0 aromatic heterocycles. The van der Waals surface area contributed by atoms with Crippen molar-refractivity contribution in [2.24, 2.45) is 11.7 Å². The van der Waals surface area contributed by atoms with Gasteiger partial charge in [-0.15, -0.1) is 0 Å². The van der Waals surface area contributed by atoms with Crippen LogP contribution >= 0.6 is 0 Å². The van der Waals surface area contributed by atoms with Gasteiger partial charge in [0.15, 0.2) is 6.61 Å². The van der Waals surface area contributed by atoms with Crippen molar-refractivity contribution in [3.05, 3.63) is 52.6 Å². The van der Waals surface area contributed by atoms with Crippen molar-refractivity contribution in [3.63, 3.8) is 0 Å². The smallest absolute Gasteiger partial charge is 0.255 e. The van der Waals surface area contributed by atoms with E-state index >= 15 is 0 Å². The van der Waals surface area contributed by atoms with Crippen molar-refractivity contribution in [2.45, 2.75) is 45.4 Å². The van der Waals surface area contributed by atoms with Crippen molar-refractivity contribution in [1.29, 1.82) is 0 Å². The van der Waals surface area contributed by atoms with E-state index < -0.39 is 15.9 Å². The summed E-state index contributed by atoms with van der Waals surface area (Å²) in [5.41, 5.74) is 9.08. The number of hydrogen-bond donors (Lipinski definition) is 2. The average molecular weight is 474 g/mol. The SMILES string of the molecule is Cc1cc(C)c(C)c(S(=O)(=O)N2CCC(C(=O)Nc3cccc(OCC(N)=O)c3)CC2)c1C. The molecule has 9 heteroatoms. The first-order valence-corrected chi connectivity index (χ1v) is 12.3. The van der Waals surface area contributed by atoms with Gasteiger partial charge in [0.25, 0.3) is 5.91 Å². The molecule has 2 amide bonds. The number of nitrogens with one attached hydrogen (secondary N) is 1. The monoisotopic (exact) mass is 473 g/mol. The van der Waals surface area contributed by atoms with Crippen LogP contribution in [-0.2, 0) is 19.6 Å². The summed E-state index contributed by atoms with van der Waals surface area (Å²) in [6.07, 6.45) is 0.873. The highest BCUT2D eigenvalue weighted by atomic mass is 32.2. The molecule has 0 aliphatic carbocycles. The molecule has 0 unspecified atom stereocenters. The van der Waals surface area contributed by atoms with E-state index in [0.29, 0.717) is 29.2 Å². The van der Waals surface area contributed by atoms with Crippen LogP contribution in [0.3, 0.4) is 0 Å². The summed E-state index contributed by atoms with van der Waals surface area (Å²) in [7, 11) is -3.65. The molecule has 3 rings (SSSR count). The Labute approximate surface area is 195 Å². The molecule has 0 saturated carbocycles. The van der Waals surface area contributed by atoms with Crippen LogP contribution in [0.15, 0.2) is 35.2 Å². The van der Waals surface area contributed by atoms with Gasteiger partial charge in [0.1, 0.15) is 5.75 Å². The Morgan fingerprint density at radius 1 is 1.06 bits per heavy atom. The van der Waals surface area contributed by atoms with Crippen molar-refractivity contribution in [3.8, 4) is 5.75 Å². The number of carbonyl (C=O) groups excluding carboxylic acids is 2. The van der Waals surface area contributed by atoms with E-state index in [4.69, 9.17) is 10.5 Å². The van der Waals surface area contributed by atoms with Crippen LogP contribution in [0, 0.1) is 33.6 Å². The number of rotatable bonds is 7. The maximum Gasteiger partial charge on any atom is 0.255 e. The summed E-state index contributed by atoms with van der Waals surface area (Å²) < 4.78 is 33.6. The minimum Gasteiger partial charge on any atom is -0.484 e. The third kappa shape index (κ3) is 5.54. The van der Waals surface area contributed by atoms with Crippen molar-refractivity contribution in [2.75, 3.05) is 25.0 Å². The molecule has 0 radical (unpaired) electrons. The number of amides is 2. The fourth-order valence-electron chi connectivity index (χ4n) is 4.12. The van der Waals surface area contributed by atoms with E-state index in [-0.39, 0.29) is 31.5 Å². The normalized spacial score (nSPS) is 15.3. The first-order chi connectivity index (χ1) is 15.5. The van der Waals surface area contributed by atoms with Crippen LogP contribution < -0.4 is 15.8 Å². The van der Waals surface area contributed by atoms with Gasteiger partial charge >= 0.3 is 0 Å². The third-order valence-corrected chi connectivity index (χ3v) is 8.38. The summed E-state index contributed by atoms with van der Waals surface area (Å²) >= 11 is 0. The number of aryl methyl sites for hydroxylation is 2. The molecule has 0 spiro atoms. The number of sulfonamides is 1. The first kappa shape index (κ1) is 24.7. The predicted molar refractivity (Wildman–Crippen MR) is 127 cm³/mol. The molecular weight excluding hydrogens is 442 g/mol. The van der Waals surface area contributed by atoms with Gasteiger partial charge in [0.05, 0.1) is 4.90 Å². The summed E-state index contributed by atoms with van der Waals surface area (Å²) in [5, 5.41) is 2.86. The molecule has 33 heavy (non-hydrogen) atoms. The Kier molecular flexibility index (Phi) is 7.44. The van der Waals surface area contributed by atoms with Gasteiger partial charge in [-0.05, 0) is 74.9 Å². The van der Waals surface area contributed by atoms with Crippen LogP contribution in [0.5, 0.6) is 5.75 Å². The van der Waals surface area contributed by atoms with E-state index in [9.17, 15) is 18.0 Å². The average Bonchev–Trinajstić information content (AvgIpc) is 2.76. The summed E-state index contributed by atoms with van der Waals surface area (Å²) in [4.78, 5) is 24.0. The zero-order valence-electron chi connectivity index (χ0n) is 19.5. The second-order valence-electron chi connectivity index (χ2n) is 8.54. The van der Waals surface area contributed by atoms with Gasteiger partial charge < -0.3 is 15.8 Å². The first-order valence-electron chi connectivity index (χ1n) is 10.9. The van der Waals surface area contributed by atoms with Crippen LogP contribution in [-0.4, -0.2) is 44.2 Å². The molecule has 1 saturated heterocycles. The van der Waals surface area contributed by atoms with Gasteiger partial charge in [-0.2, -0.15) is 4.31 Å². The molecule has 0 atom stereocenters. The molecule has 1 aliphatic rings. The Hall–Kier alpha value is -2.91. The number of hydrogen-bond acceptors (Lipinski definition) is 5. The highest BCUT2D eigenvalue weighted by molar-refractivity contribution is 7.89. The molecule has 8 nitrogen and oxygen atoms in total. The van der Waals surface area contributed by atoms with Crippen LogP contribution in [0.1, 0.15) is 35.1 Å². The van der Waals surface area contributed by atoms with E-state index in [1.807, 2.05) is 33.8 Å². The molecule has 178 valence electrons. The molecule has 1 fully saturated rings. The quantitative estimate of drug-likeness (QED) is 0.641. The van der Waals surface area contributed by atoms with Gasteiger partial charge in [0.2, 0.25) is 15.9 Å². The molecule has 1 heterocycles. The summed E-state index contributed by atoms with van der Waals surface area (Å²) in [6, 6.07) is 8.72. The number of carbonyl (C=O) groups is 2. The fraction of sp³-hybridized carbons (Fsp3) is 0.417. The van der Waals surface area contributed by atoms with Crippen molar-refractivity contribution < 1.29 is 22.7 Å². The predicted octanol–water partition coefficient (Wildman–Crippen LogP) is 2.82. The second kappa shape index (κ2) is 9.93. The largest absolute Gasteiger partial charge is 0.484 e. The summed E-state index contributed by atoms with van der Waals surface area (Å²) in [5.74, 6) is -0.630. The van der Waals surface area contributed by atoms with E-state index in [0.717, 1.165) is 22.3 Å². The minimum absolute atomic E-state index is 0.169. The van der Waals surface area contributed by atoms with Crippen LogP contribution in [0.25, 0.3) is 0 Å². The lowest BCUT2D eigenvalue weighted by Crippen LogP contribution is -2.41. The number of benzene rings is 2. The minimum atomic E-state index is -3.65. The lowest BCUT2D eigenvalue weighted by Gasteiger charge is -2.31. The molecule has 0 bridgehead atoms. The second-order valence-corrected chi connectivity index (χ2v) is 10.4. The van der Waals surface area contributed by atoms with Gasteiger partial charge in [0, 0.05) is 30.8 Å². The maximum absolute atomic E-state index is 13.4. The maximum atomic E-state index is 13.4. The molecule has 2 aromatic rings. The topological polar surface area (TPSA) is 119 Å². The lowest BCUT2D eigenvalue weighted by molar-refractivity contribution is -0.121. The number of nitrogens with two attached hydrogens (primary N) is 1. The molecule has 1 aliphatic heterocycles. The van der Waals surface area contributed by atoms with Crippen molar-refractivity contribution in [1.82, 2.24) is 4.31 Å². The fourth-order valence-corrected chi connectivity index (χ4v) is 6.16. The summed E-state index contributed by atoms with van der Waals surface area (Å²) in [6.45, 7) is 7.86. The Bertz CT molecular complexity index is 1140. The number of ether oxygens (including phenoxy) is 1. The molecule has 3 N–H and O–H groups in total. The van der Waals surface area contributed by atoms with Gasteiger partial charge in [-0.3, -0.25) is 9.59 Å². The van der Waals surface area contributed by atoms with E-state index in [2.05, 4.69) is 5.32 Å². The lowest BCUT2D eigenvalue weighted by atomic mass is 9.97. The van der Waals surface area contributed by atoms with Crippen LogP contribution in [0.4, 0.5) is 5.69 Å². The van der Waals surface area contributed by atoms with Gasteiger partial charge in [-0.25, -0.2) is 8.42 Å².